The van der Waals surface area contributed by atoms with Gasteiger partial charge in [0.25, 0.3) is 11.5 Å². The Kier molecular flexibility index (Phi) is 8.25. The normalized spacial score (nSPS) is 14.4. The molecule has 6 aromatic rings. The van der Waals surface area contributed by atoms with Gasteiger partial charge in [0, 0.05) is 5.69 Å². The molecule has 8 heteroatoms. The summed E-state index contributed by atoms with van der Waals surface area (Å²) in [6.07, 6.45) is 1.85. The Hall–Kier alpha value is -5.73. The zero-order valence-electron chi connectivity index (χ0n) is 25.8. The largest absolute Gasteiger partial charge is 0.497 e. The lowest BCUT2D eigenvalue weighted by molar-refractivity contribution is -0.113. The van der Waals surface area contributed by atoms with Crippen LogP contribution in [0, 0.1) is 0 Å². The van der Waals surface area contributed by atoms with E-state index in [1.54, 1.807) is 11.7 Å². The highest BCUT2D eigenvalue weighted by Crippen LogP contribution is 2.32. The topological polar surface area (TPSA) is 81.9 Å². The van der Waals surface area contributed by atoms with Gasteiger partial charge in [-0.3, -0.25) is 14.2 Å². The molecule has 0 bridgehead atoms. The number of amides is 1. The molecular formula is C39H31N3O4S. The molecule has 1 aliphatic heterocycles. The number of thiazole rings is 1. The van der Waals surface area contributed by atoms with Gasteiger partial charge in [-0.15, -0.1) is 0 Å². The van der Waals surface area contributed by atoms with Crippen LogP contribution in [0.2, 0.25) is 0 Å². The fourth-order valence-corrected chi connectivity index (χ4v) is 6.87. The van der Waals surface area contributed by atoms with Crippen LogP contribution in [0.5, 0.6) is 11.5 Å². The van der Waals surface area contributed by atoms with Crippen molar-refractivity contribution in [3.63, 3.8) is 0 Å². The highest BCUT2D eigenvalue weighted by atomic mass is 32.1. The standard InChI is InChI=1S/C39H31N3O4S/c1-25-35(37(43)41-30-12-4-3-5-13-30)36(28-17-21-31(45-2)22-18-28)42-38(44)34(47-39(42)40-25)23-26-15-19-32(20-16-26)46-24-29-11-8-10-27-9-6-7-14-33(27)29/h3-23,36H,24H2,1-2H3,(H,41,43)/b34-23+/t36-/m0/s1. The molecule has 0 unspecified atom stereocenters. The molecule has 1 aromatic heterocycles. The zero-order chi connectivity index (χ0) is 32.3. The number of aromatic nitrogens is 1. The molecule has 0 saturated carbocycles. The molecule has 1 aliphatic rings. The number of hydrogen-bond acceptors (Lipinski definition) is 6. The number of hydrogen-bond donors (Lipinski definition) is 1. The SMILES string of the molecule is COc1ccc([C@H]2C(C(=O)Nc3ccccc3)=C(C)N=c3s/c(=C/c4ccc(OCc5cccc6ccccc56)cc4)c(=O)n32)cc1. The predicted molar refractivity (Wildman–Crippen MR) is 187 cm³/mol. The van der Waals surface area contributed by atoms with E-state index in [1.807, 2.05) is 110 Å². The van der Waals surface area contributed by atoms with E-state index in [9.17, 15) is 9.59 Å². The maximum Gasteiger partial charge on any atom is 0.271 e. The maximum absolute atomic E-state index is 14.1. The fourth-order valence-electron chi connectivity index (χ4n) is 5.82. The van der Waals surface area contributed by atoms with Crippen LogP contribution >= 0.6 is 11.3 Å². The molecule has 1 atom stereocenters. The van der Waals surface area contributed by atoms with E-state index in [2.05, 4.69) is 29.6 Å². The Bertz CT molecular complexity index is 2300. The molecule has 1 amide bonds. The fraction of sp³-hybridized carbons (Fsp3) is 0.103. The van der Waals surface area contributed by atoms with Crippen LogP contribution < -0.4 is 29.7 Å². The minimum atomic E-state index is -0.673. The van der Waals surface area contributed by atoms with Gasteiger partial charge < -0.3 is 14.8 Å². The van der Waals surface area contributed by atoms with E-state index >= 15 is 0 Å². The van der Waals surface area contributed by atoms with Crippen molar-refractivity contribution in [1.82, 2.24) is 4.57 Å². The zero-order valence-corrected chi connectivity index (χ0v) is 26.7. The van der Waals surface area contributed by atoms with E-state index in [-0.39, 0.29) is 11.5 Å². The first-order chi connectivity index (χ1) is 23.0. The molecule has 0 fully saturated rings. The lowest BCUT2D eigenvalue weighted by Gasteiger charge is -2.25. The summed E-state index contributed by atoms with van der Waals surface area (Å²) in [5.41, 5.74) is 4.15. The lowest BCUT2D eigenvalue weighted by Crippen LogP contribution is -2.40. The third-order valence-corrected chi connectivity index (χ3v) is 9.16. The average molecular weight is 638 g/mol. The van der Waals surface area contributed by atoms with Gasteiger partial charge in [-0.25, -0.2) is 4.99 Å². The van der Waals surface area contributed by atoms with E-state index < -0.39 is 6.04 Å². The van der Waals surface area contributed by atoms with Crippen molar-refractivity contribution in [1.29, 1.82) is 0 Å². The number of nitrogens with zero attached hydrogens (tertiary/aromatic N) is 2. The van der Waals surface area contributed by atoms with Crippen molar-refractivity contribution in [3.8, 4) is 11.5 Å². The van der Waals surface area contributed by atoms with E-state index in [0.717, 1.165) is 22.4 Å². The molecule has 0 radical (unpaired) electrons. The summed E-state index contributed by atoms with van der Waals surface area (Å²) < 4.78 is 13.6. The number of carbonyl (C=O) groups is 1. The van der Waals surface area contributed by atoms with Crippen LogP contribution in [0.1, 0.15) is 29.7 Å². The number of methoxy groups -OCH3 is 1. The quantitative estimate of drug-likeness (QED) is 0.204. The van der Waals surface area contributed by atoms with Crippen molar-refractivity contribution >= 4 is 39.8 Å². The van der Waals surface area contributed by atoms with Crippen LogP contribution in [-0.2, 0) is 11.4 Å². The first-order valence-electron chi connectivity index (χ1n) is 15.2. The van der Waals surface area contributed by atoms with Gasteiger partial charge in [-0.2, -0.15) is 0 Å². The minimum absolute atomic E-state index is 0.219. The summed E-state index contributed by atoms with van der Waals surface area (Å²) >= 11 is 1.30. The van der Waals surface area contributed by atoms with E-state index in [4.69, 9.17) is 14.5 Å². The predicted octanol–water partition coefficient (Wildman–Crippen LogP) is 6.61. The van der Waals surface area contributed by atoms with Gasteiger partial charge in [0.15, 0.2) is 4.80 Å². The number of anilines is 1. The van der Waals surface area contributed by atoms with Gasteiger partial charge in [-0.05, 0) is 76.9 Å². The second kappa shape index (κ2) is 12.9. The molecule has 232 valence electrons. The van der Waals surface area contributed by atoms with Crippen molar-refractivity contribution in [3.05, 3.63) is 169 Å². The maximum atomic E-state index is 14.1. The summed E-state index contributed by atoms with van der Waals surface area (Å²) in [6, 6.07) is 38.2. The molecule has 2 heterocycles. The molecular weight excluding hydrogens is 607 g/mol. The molecule has 7 nitrogen and oxygen atoms in total. The third kappa shape index (κ3) is 6.11. The van der Waals surface area contributed by atoms with Crippen molar-refractivity contribution in [2.45, 2.75) is 19.6 Å². The Balaban J connectivity index is 1.20. The molecule has 1 N–H and O–H groups in total. The van der Waals surface area contributed by atoms with Crippen LogP contribution in [0.25, 0.3) is 16.8 Å². The Labute approximate surface area is 275 Å². The summed E-state index contributed by atoms with van der Waals surface area (Å²) in [5, 5.41) is 5.33. The summed E-state index contributed by atoms with van der Waals surface area (Å²) in [7, 11) is 1.60. The summed E-state index contributed by atoms with van der Waals surface area (Å²) in [4.78, 5) is 33.1. The van der Waals surface area contributed by atoms with Gasteiger partial charge in [-0.1, -0.05) is 96.3 Å². The van der Waals surface area contributed by atoms with Crippen molar-refractivity contribution < 1.29 is 14.3 Å². The molecule has 47 heavy (non-hydrogen) atoms. The van der Waals surface area contributed by atoms with Crippen LogP contribution in [-0.4, -0.2) is 17.6 Å². The lowest BCUT2D eigenvalue weighted by atomic mass is 9.95. The van der Waals surface area contributed by atoms with E-state index in [0.29, 0.717) is 38.6 Å². The average Bonchev–Trinajstić information content (AvgIpc) is 3.41. The number of rotatable bonds is 8. The van der Waals surface area contributed by atoms with Gasteiger partial charge in [0.05, 0.1) is 29.0 Å². The molecule has 7 rings (SSSR count). The highest BCUT2D eigenvalue weighted by molar-refractivity contribution is 7.07. The summed E-state index contributed by atoms with van der Waals surface area (Å²) in [6.45, 7) is 2.26. The Morgan fingerprint density at radius 2 is 1.57 bits per heavy atom. The number of allylic oxidation sites excluding steroid dienone is 1. The third-order valence-electron chi connectivity index (χ3n) is 8.18. The number of ether oxygens (including phenoxy) is 2. The van der Waals surface area contributed by atoms with Gasteiger partial charge >= 0.3 is 0 Å². The Morgan fingerprint density at radius 3 is 2.34 bits per heavy atom. The number of fused-ring (bicyclic) bond motifs is 2. The summed E-state index contributed by atoms with van der Waals surface area (Å²) in [5.74, 6) is 1.11. The van der Waals surface area contributed by atoms with Gasteiger partial charge in [0.2, 0.25) is 0 Å². The number of benzene rings is 5. The number of nitrogens with one attached hydrogen (secondary N) is 1. The van der Waals surface area contributed by atoms with Crippen molar-refractivity contribution in [2.75, 3.05) is 12.4 Å². The monoisotopic (exact) mass is 637 g/mol. The second-order valence-electron chi connectivity index (χ2n) is 11.2. The molecule has 0 aliphatic carbocycles. The molecule has 0 saturated heterocycles. The minimum Gasteiger partial charge on any atom is -0.497 e. The number of para-hydroxylation sites is 1. The smallest absolute Gasteiger partial charge is 0.271 e. The highest BCUT2D eigenvalue weighted by Gasteiger charge is 2.32. The first-order valence-corrected chi connectivity index (χ1v) is 16.0. The van der Waals surface area contributed by atoms with Crippen LogP contribution in [0.3, 0.4) is 0 Å². The second-order valence-corrected chi connectivity index (χ2v) is 12.2. The molecule has 5 aromatic carbocycles. The van der Waals surface area contributed by atoms with Crippen LogP contribution in [0.15, 0.2) is 142 Å². The van der Waals surface area contributed by atoms with Crippen molar-refractivity contribution in [2.24, 2.45) is 4.99 Å². The Morgan fingerprint density at radius 1 is 0.872 bits per heavy atom. The number of carbonyl (C=O) groups excluding carboxylic acids is 1. The van der Waals surface area contributed by atoms with E-state index in [1.165, 1.54) is 22.1 Å². The molecule has 0 spiro atoms. The first kappa shape index (κ1) is 30.0. The van der Waals surface area contributed by atoms with Gasteiger partial charge in [0.1, 0.15) is 18.1 Å². The van der Waals surface area contributed by atoms with Crippen LogP contribution in [0.4, 0.5) is 5.69 Å².